The zero-order chi connectivity index (χ0) is 12.1. The van der Waals surface area contributed by atoms with Gasteiger partial charge in [-0.3, -0.25) is 0 Å². The van der Waals surface area contributed by atoms with Gasteiger partial charge in [-0.15, -0.1) is 0 Å². The van der Waals surface area contributed by atoms with Crippen LogP contribution in [0.2, 0.25) is 0 Å². The van der Waals surface area contributed by atoms with Gasteiger partial charge < -0.3 is 15.4 Å². The Morgan fingerprint density at radius 1 is 1.38 bits per heavy atom. The van der Waals surface area contributed by atoms with E-state index in [-0.39, 0.29) is 0 Å². The van der Waals surface area contributed by atoms with Gasteiger partial charge in [-0.2, -0.15) is 0 Å². The predicted molar refractivity (Wildman–Crippen MR) is 69.9 cm³/mol. The fourth-order valence-electron chi connectivity index (χ4n) is 1.85. The van der Waals surface area contributed by atoms with Crippen LogP contribution in [-0.2, 0) is 4.74 Å². The Kier molecular flexibility index (Phi) is 4.62. The van der Waals surface area contributed by atoms with E-state index in [0.717, 1.165) is 18.8 Å². The number of nitrogens with zero attached hydrogens (tertiary/aromatic N) is 1. The highest BCUT2D eigenvalue weighted by atomic mass is 16.5. The van der Waals surface area contributed by atoms with Gasteiger partial charge in [0.2, 0.25) is 0 Å². The van der Waals surface area contributed by atoms with Crippen molar-refractivity contribution in [1.82, 2.24) is 0 Å². The van der Waals surface area contributed by atoms with Gasteiger partial charge in [0.15, 0.2) is 0 Å². The van der Waals surface area contributed by atoms with Crippen LogP contribution in [0.15, 0.2) is 18.2 Å². The fourth-order valence-corrected chi connectivity index (χ4v) is 1.85. The van der Waals surface area contributed by atoms with Gasteiger partial charge in [0, 0.05) is 31.1 Å². The smallest absolute Gasteiger partial charge is 0.0637 e. The molecule has 0 bridgehead atoms. The molecule has 0 heterocycles. The second kappa shape index (κ2) is 5.75. The first-order valence-electron chi connectivity index (χ1n) is 5.68. The van der Waals surface area contributed by atoms with Crippen LogP contribution in [0.25, 0.3) is 0 Å². The Balaban J connectivity index is 2.92. The Labute approximate surface area is 98.2 Å². The highest BCUT2D eigenvalue weighted by Gasteiger charge is 2.12. The molecule has 16 heavy (non-hydrogen) atoms. The Morgan fingerprint density at radius 3 is 2.56 bits per heavy atom. The monoisotopic (exact) mass is 222 g/mol. The van der Waals surface area contributed by atoms with Crippen LogP contribution in [0.1, 0.15) is 19.4 Å². The molecule has 0 unspecified atom stereocenters. The quantitative estimate of drug-likeness (QED) is 0.778. The van der Waals surface area contributed by atoms with Crippen molar-refractivity contribution >= 4 is 11.4 Å². The molecule has 0 aliphatic carbocycles. The number of aryl methyl sites for hydroxylation is 1. The lowest BCUT2D eigenvalue weighted by atomic mass is 10.1. The van der Waals surface area contributed by atoms with Gasteiger partial charge in [0.05, 0.1) is 6.61 Å². The van der Waals surface area contributed by atoms with Gasteiger partial charge >= 0.3 is 0 Å². The third kappa shape index (κ3) is 3.14. The van der Waals surface area contributed by atoms with E-state index in [2.05, 4.69) is 31.7 Å². The second-order valence-corrected chi connectivity index (χ2v) is 4.33. The lowest BCUT2D eigenvalue weighted by molar-refractivity contribution is 0.204. The number of hydrogen-bond acceptors (Lipinski definition) is 3. The summed E-state index contributed by atoms with van der Waals surface area (Å²) in [7, 11) is 1.73. The summed E-state index contributed by atoms with van der Waals surface area (Å²) in [4.78, 5) is 2.33. The number of hydrogen-bond donors (Lipinski definition) is 1. The molecular formula is C13H22N2O. The number of methoxy groups -OCH3 is 1. The normalized spacial score (nSPS) is 10.8. The molecule has 0 saturated carbocycles. The summed E-state index contributed by atoms with van der Waals surface area (Å²) < 4.78 is 5.14. The molecule has 0 amide bonds. The highest BCUT2D eigenvalue weighted by Crippen LogP contribution is 2.23. The molecule has 3 nitrogen and oxygen atoms in total. The maximum Gasteiger partial charge on any atom is 0.0637 e. The molecule has 0 aliphatic rings. The Morgan fingerprint density at radius 2 is 2.06 bits per heavy atom. The zero-order valence-corrected chi connectivity index (χ0v) is 10.7. The van der Waals surface area contributed by atoms with Gasteiger partial charge in [0.1, 0.15) is 0 Å². The predicted octanol–water partition coefficient (Wildman–Crippen LogP) is 2.44. The van der Waals surface area contributed by atoms with Crippen molar-refractivity contribution in [2.45, 2.75) is 26.8 Å². The van der Waals surface area contributed by atoms with Gasteiger partial charge in [-0.05, 0) is 44.5 Å². The van der Waals surface area contributed by atoms with Crippen LogP contribution in [0.5, 0.6) is 0 Å². The molecule has 0 aliphatic heterocycles. The lowest BCUT2D eigenvalue weighted by Gasteiger charge is -2.30. The molecule has 0 saturated heterocycles. The summed E-state index contributed by atoms with van der Waals surface area (Å²) in [6, 6.07) is 6.50. The molecule has 3 heteroatoms. The van der Waals surface area contributed by atoms with Crippen molar-refractivity contribution in [2.75, 3.05) is 30.9 Å². The first-order valence-corrected chi connectivity index (χ1v) is 5.68. The Bertz CT molecular complexity index is 337. The van der Waals surface area contributed by atoms with Crippen molar-refractivity contribution in [3.8, 4) is 0 Å². The van der Waals surface area contributed by atoms with Gasteiger partial charge in [-0.25, -0.2) is 0 Å². The SMILES string of the molecule is COCCN(c1ccc(N)cc1C)C(C)C. The van der Waals surface area contributed by atoms with Crippen molar-refractivity contribution in [3.63, 3.8) is 0 Å². The first kappa shape index (κ1) is 12.8. The molecule has 0 radical (unpaired) electrons. The summed E-state index contributed by atoms with van der Waals surface area (Å²) in [5.74, 6) is 0. The molecule has 0 aromatic heterocycles. The lowest BCUT2D eigenvalue weighted by Crippen LogP contribution is -2.34. The number of ether oxygens (including phenoxy) is 1. The van der Waals surface area contributed by atoms with Crippen molar-refractivity contribution in [1.29, 1.82) is 0 Å². The molecule has 0 atom stereocenters. The fraction of sp³-hybridized carbons (Fsp3) is 0.538. The van der Waals surface area contributed by atoms with E-state index >= 15 is 0 Å². The number of rotatable bonds is 5. The van der Waals surface area contributed by atoms with Crippen LogP contribution in [-0.4, -0.2) is 26.3 Å². The maximum atomic E-state index is 5.76. The number of nitrogen functional groups attached to an aromatic ring is 1. The molecule has 0 spiro atoms. The molecule has 0 fully saturated rings. The number of benzene rings is 1. The first-order chi connectivity index (χ1) is 7.56. The summed E-state index contributed by atoms with van der Waals surface area (Å²) in [6.45, 7) is 8.10. The second-order valence-electron chi connectivity index (χ2n) is 4.33. The van der Waals surface area contributed by atoms with Gasteiger partial charge in [-0.1, -0.05) is 0 Å². The minimum absolute atomic E-state index is 0.456. The minimum Gasteiger partial charge on any atom is -0.399 e. The van der Waals surface area contributed by atoms with Crippen LogP contribution in [0, 0.1) is 6.92 Å². The number of anilines is 2. The van der Waals surface area contributed by atoms with Crippen LogP contribution in [0.4, 0.5) is 11.4 Å². The molecular weight excluding hydrogens is 200 g/mol. The molecule has 2 N–H and O–H groups in total. The Hall–Kier alpha value is -1.22. The molecule has 1 aromatic carbocycles. The third-order valence-electron chi connectivity index (χ3n) is 2.69. The minimum atomic E-state index is 0.456. The van der Waals surface area contributed by atoms with Gasteiger partial charge in [0.25, 0.3) is 0 Å². The van der Waals surface area contributed by atoms with E-state index in [1.165, 1.54) is 11.3 Å². The van der Waals surface area contributed by atoms with E-state index in [9.17, 15) is 0 Å². The van der Waals surface area contributed by atoms with Crippen molar-refractivity contribution in [2.24, 2.45) is 0 Å². The summed E-state index contributed by atoms with van der Waals surface area (Å²) in [5, 5.41) is 0. The average molecular weight is 222 g/mol. The van der Waals surface area contributed by atoms with Crippen LogP contribution >= 0.6 is 0 Å². The summed E-state index contributed by atoms with van der Waals surface area (Å²) in [5.41, 5.74) is 9.03. The summed E-state index contributed by atoms with van der Waals surface area (Å²) in [6.07, 6.45) is 0. The number of nitrogens with two attached hydrogens (primary N) is 1. The largest absolute Gasteiger partial charge is 0.399 e. The highest BCUT2D eigenvalue weighted by molar-refractivity contribution is 5.59. The summed E-state index contributed by atoms with van der Waals surface area (Å²) >= 11 is 0. The van der Waals surface area contributed by atoms with Crippen LogP contribution < -0.4 is 10.6 Å². The van der Waals surface area contributed by atoms with Crippen molar-refractivity contribution in [3.05, 3.63) is 23.8 Å². The zero-order valence-electron chi connectivity index (χ0n) is 10.7. The maximum absolute atomic E-state index is 5.76. The van der Waals surface area contributed by atoms with E-state index in [0.29, 0.717) is 6.04 Å². The van der Waals surface area contributed by atoms with E-state index < -0.39 is 0 Å². The van der Waals surface area contributed by atoms with Crippen LogP contribution in [0.3, 0.4) is 0 Å². The topological polar surface area (TPSA) is 38.5 Å². The van der Waals surface area contributed by atoms with E-state index in [1.807, 2.05) is 12.1 Å². The van der Waals surface area contributed by atoms with Crippen molar-refractivity contribution < 1.29 is 4.74 Å². The molecule has 1 aromatic rings. The third-order valence-corrected chi connectivity index (χ3v) is 2.69. The molecule has 90 valence electrons. The average Bonchev–Trinajstić information content (AvgIpc) is 2.20. The molecule has 1 rings (SSSR count). The van der Waals surface area contributed by atoms with E-state index in [4.69, 9.17) is 10.5 Å². The standard InChI is InChI=1S/C13H22N2O/c1-10(2)15(7-8-16-4)13-6-5-12(14)9-11(13)3/h5-6,9-10H,7-8,14H2,1-4H3. The van der Waals surface area contributed by atoms with E-state index in [1.54, 1.807) is 7.11 Å².